The molecule has 4 nitrogen and oxygen atoms in total. The zero-order valence-corrected chi connectivity index (χ0v) is 13.9. The third-order valence-electron chi connectivity index (χ3n) is 3.17. The van der Waals surface area contributed by atoms with Gasteiger partial charge in [-0.1, -0.05) is 35.8 Å². The van der Waals surface area contributed by atoms with Crippen LogP contribution in [0.4, 0.5) is 0 Å². The molecule has 1 unspecified atom stereocenters. The minimum absolute atomic E-state index is 0.0623. The minimum atomic E-state index is -0.643. The molecule has 0 saturated heterocycles. The van der Waals surface area contributed by atoms with Gasteiger partial charge in [-0.05, 0) is 31.9 Å². The topological polar surface area (TPSA) is 58.6 Å². The first-order chi connectivity index (χ1) is 9.31. The highest BCUT2D eigenvalue weighted by molar-refractivity contribution is 9.10. The second kappa shape index (κ2) is 7.64. The van der Waals surface area contributed by atoms with Gasteiger partial charge in [0.2, 0.25) is 0 Å². The van der Waals surface area contributed by atoms with Crippen LogP contribution in [0.2, 0.25) is 0 Å². The summed E-state index contributed by atoms with van der Waals surface area (Å²) >= 11 is 3.35. The average molecular weight is 344 g/mol. The molecule has 0 aliphatic heterocycles. The Kier molecular flexibility index (Phi) is 6.49. The van der Waals surface area contributed by atoms with E-state index < -0.39 is 6.10 Å². The van der Waals surface area contributed by atoms with E-state index in [9.17, 15) is 9.90 Å². The number of nitrogens with one attached hydrogen (secondary N) is 1. The van der Waals surface area contributed by atoms with Crippen LogP contribution in [-0.2, 0) is 4.79 Å². The number of halogens is 1. The summed E-state index contributed by atoms with van der Waals surface area (Å²) in [5.74, 6) is 0.724. The van der Waals surface area contributed by atoms with Crippen LogP contribution in [-0.4, -0.2) is 23.7 Å². The maximum Gasteiger partial charge on any atom is 0.258 e. The summed E-state index contributed by atoms with van der Waals surface area (Å²) in [7, 11) is 0. The van der Waals surface area contributed by atoms with Gasteiger partial charge in [0.05, 0.1) is 6.10 Å². The van der Waals surface area contributed by atoms with Crippen molar-refractivity contribution >= 4 is 21.8 Å². The SMILES string of the molecule is CC(C)C(C)NC(=O)COc1cc(Br)ccc1[C@@H](C)O. The first kappa shape index (κ1) is 17.0. The van der Waals surface area contributed by atoms with Crippen LogP contribution in [0.3, 0.4) is 0 Å². The van der Waals surface area contributed by atoms with Gasteiger partial charge in [-0.25, -0.2) is 0 Å². The second-order valence-electron chi connectivity index (χ2n) is 5.25. The maximum atomic E-state index is 11.8. The summed E-state index contributed by atoms with van der Waals surface area (Å²) in [6.07, 6.45) is -0.643. The van der Waals surface area contributed by atoms with Gasteiger partial charge >= 0.3 is 0 Å². The Bertz CT molecular complexity index is 460. The highest BCUT2D eigenvalue weighted by Gasteiger charge is 2.14. The van der Waals surface area contributed by atoms with Crippen LogP contribution in [0.5, 0.6) is 5.75 Å². The van der Waals surface area contributed by atoms with E-state index in [0.29, 0.717) is 17.2 Å². The Labute approximate surface area is 128 Å². The van der Waals surface area contributed by atoms with Crippen molar-refractivity contribution in [1.82, 2.24) is 5.32 Å². The zero-order chi connectivity index (χ0) is 15.3. The molecular formula is C15H22BrNO3. The van der Waals surface area contributed by atoms with Crippen LogP contribution < -0.4 is 10.1 Å². The van der Waals surface area contributed by atoms with Crippen LogP contribution in [0.1, 0.15) is 39.4 Å². The van der Waals surface area contributed by atoms with Crippen molar-refractivity contribution in [3.05, 3.63) is 28.2 Å². The van der Waals surface area contributed by atoms with Crippen molar-refractivity contribution in [2.75, 3.05) is 6.61 Å². The van der Waals surface area contributed by atoms with Gasteiger partial charge in [0.15, 0.2) is 6.61 Å². The van der Waals surface area contributed by atoms with Gasteiger partial charge in [0, 0.05) is 16.1 Å². The first-order valence-corrected chi connectivity index (χ1v) is 7.50. The molecule has 5 heteroatoms. The lowest BCUT2D eigenvalue weighted by Crippen LogP contribution is -2.39. The van der Waals surface area contributed by atoms with Gasteiger partial charge in [0.1, 0.15) is 5.75 Å². The monoisotopic (exact) mass is 343 g/mol. The molecule has 2 N–H and O–H groups in total. The highest BCUT2D eigenvalue weighted by atomic mass is 79.9. The van der Waals surface area contributed by atoms with Crippen molar-refractivity contribution in [2.24, 2.45) is 5.92 Å². The number of rotatable bonds is 6. The molecule has 1 aromatic carbocycles. The molecule has 0 spiro atoms. The van der Waals surface area contributed by atoms with E-state index in [1.807, 2.05) is 26.8 Å². The fraction of sp³-hybridized carbons (Fsp3) is 0.533. The summed E-state index contributed by atoms with van der Waals surface area (Å²) in [4.78, 5) is 11.8. The molecule has 0 fully saturated rings. The number of aliphatic hydroxyl groups is 1. The molecule has 0 heterocycles. The summed E-state index contributed by atoms with van der Waals surface area (Å²) < 4.78 is 6.36. The van der Waals surface area contributed by atoms with Gasteiger partial charge in [-0.15, -0.1) is 0 Å². The van der Waals surface area contributed by atoms with Crippen molar-refractivity contribution in [1.29, 1.82) is 0 Å². The van der Waals surface area contributed by atoms with E-state index in [-0.39, 0.29) is 18.6 Å². The molecule has 0 aliphatic carbocycles. The summed E-state index contributed by atoms with van der Waals surface area (Å²) in [6.45, 7) is 7.66. The fourth-order valence-corrected chi connectivity index (χ4v) is 1.92. The summed E-state index contributed by atoms with van der Waals surface area (Å²) in [5, 5.41) is 12.6. The molecule has 1 aromatic rings. The zero-order valence-electron chi connectivity index (χ0n) is 12.3. The van der Waals surface area contributed by atoms with Crippen molar-refractivity contribution < 1.29 is 14.6 Å². The Morgan fingerprint density at radius 3 is 2.55 bits per heavy atom. The number of benzene rings is 1. The normalized spacial score (nSPS) is 13.9. The Hall–Kier alpha value is -1.07. The average Bonchev–Trinajstić information content (AvgIpc) is 2.35. The van der Waals surface area contributed by atoms with Crippen LogP contribution in [0.15, 0.2) is 22.7 Å². The number of hydrogen-bond acceptors (Lipinski definition) is 3. The molecule has 0 radical (unpaired) electrons. The Morgan fingerprint density at radius 2 is 2.00 bits per heavy atom. The second-order valence-corrected chi connectivity index (χ2v) is 6.16. The smallest absolute Gasteiger partial charge is 0.258 e. The molecule has 0 saturated carbocycles. The minimum Gasteiger partial charge on any atom is -0.483 e. The fourth-order valence-electron chi connectivity index (χ4n) is 1.58. The molecule has 1 amide bonds. The molecule has 20 heavy (non-hydrogen) atoms. The Morgan fingerprint density at radius 1 is 1.35 bits per heavy atom. The van der Waals surface area contributed by atoms with Gasteiger partial charge in [-0.3, -0.25) is 4.79 Å². The van der Waals surface area contributed by atoms with E-state index in [2.05, 4.69) is 21.2 Å². The van der Waals surface area contributed by atoms with Crippen molar-refractivity contribution in [3.63, 3.8) is 0 Å². The highest BCUT2D eigenvalue weighted by Crippen LogP contribution is 2.28. The third kappa shape index (κ3) is 5.13. The lowest BCUT2D eigenvalue weighted by Gasteiger charge is -2.18. The van der Waals surface area contributed by atoms with E-state index in [4.69, 9.17) is 4.74 Å². The predicted molar refractivity (Wildman–Crippen MR) is 82.7 cm³/mol. The molecule has 0 aromatic heterocycles. The summed E-state index contributed by atoms with van der Waals surface area (Å²) in [6, 6.07) is 5.46. The van der Waals surface area contributed by atoms with Crippen molar-refractivity contribution in [3.8, 4) is 5.75 Å². The molecule has 112 valence electrons. The van der Waals surface area contributed by atoms with E-state index in [1.54, 1.807) is 19.1 Å². The maximum absolute atomic E-state index is 11.8. The number of amides is 1. The van der Waals surface area contributed by atoms with E-state index >= 15 is 0 Å². The first-order valence-electron chi connectivity index (χ1n) is 6.71. The predicted octanol–water partition coefficient (Wildman–Crippen LogP) is 3.04. The van der Waals surface area contributed by atoms with Gasteiger partial charge in [0.25, 0.3) is 5.91 Å². The third-order valence-corrected chi connectivity index (χ3v) is 3.67. The van der Waals surface area contributed by atoms with Crippen molar-refractivity contribution in [2.45, 2.75) is 39.8 Å². The number of carbonyl (C=O) groups excluding carboxylic acids is 1. The number of ether oxygens (including phenoxy) is 1. The number of carbonyl (C=O) groups is 1. The van der Waals surface area contributed by atoms with Gasteiger partial charge in [-0.2, -0.15) is 0 Å². The summed E-state index contributed by atoms with van der Waals surface area (Å²) in [5.41, 5.74) is 0.665. The van der Waals surface area contributed by atoms with Crippen LogP contribution in [0, 0.1) is 5.92 Å². The van der Waals surface area contributed by atoms with E-state index in [0.717, 1.165) is 4.47 Å². The largest absolute Gasteiger partial charge is 0.483 e. The standard InChI is InChI=1S/C15H22BrNO3/c1-9(2)10(3)17-15(19)8-20-14-7-12(16)5-6-13(14)11(4)18/h5-7,9-11,18H,8H2,1-4H3,(H,17,19)/t10?,11-/m1/s1. The number of hydrogen-bond donors (Lipinski definition) is 2. The molecular weight excluding hydrogens is 322 g/mol. The Balaban J connectivity index is 2.65. The van der Waals surface area contributed by atoms with E-state index in [1.165, 1.54) is 0 Å². The van der Waals surface area contributed by atoms with Crippen LogP contribution >= 0.6 is 15.9 Å². The molecule has 0 aliphatic rings. The van der Waals surface area contributed by atoms with Gasteiger partial charge < -0.3 is 15.2 Å². The molecule has 1 rings (SSSR count). The van der Waals surface area contributed by atoms with Crippen LogP contribution in [0.25, 0.3) is 0 Å². The quantitative estimate of drug-likeness (QED) is 0.834. The lowest BCUT2D eigenvalue weighted by molar-refractivity contribution is -0.124. The number of aliphatic hydroxyl groups excluding tert-OH is 1. The molecule has 0 bridgehead atoms. The lowest BCUT2D eigenvalue weighted by atomic mass is 10.1. The molecule has 2 atom stereocenters.